The van der Waals surface area contributed by atoms with Crippen LogP contribution in [0.3, 0.4) is 0 Å². The molecule has 0 amide bonds. The molecule has 79 heavy (non-hydrogen) atoms. The van der Waals surface area contributed by atoms with E-state index >= 15 is 4.39 Å². The molecule has 0 aromatic heterocycles. The third-order valence-corrected chi connectivity index (χ3v) is 17.9. The average Bonchev–Trinajstić information content (AvgIpc) is 3.01. The van der Waals surface area contributed by atoms with Crippen molar-refractivity contribution in [1.82, 2.24) is 0 Å². The van der Waals surface area contributed by atoms with Crippen LogP contribution in [0.15, 0.2) is 248 Å². The van der Waals surface area contributed by atoms with E-state index in [9.17, 15) is 0 Å². The standard InChI is InChI=1S/C76H65FN2/c1-74(2,3)53-35-39-55(40-36-53)79(57-41-43-58(69(77)47-57)51-23-11-8-12-24-51)71-48-68-73(72-59-26-14-13-25-52(59)45-63(71)72)62-44-42-56(46-67(62)76(68)64-29-17-15-27-60(64)61-28-16-18-30-65(61)76)78(70-32-20-19-31-66(70)75(4,5)6)54-37-33-50(34-38-54)49-21-9-7-10-22-49/h7-31,33-44,47-48,56,70H,32,45-46H2,1-6H3. The smallest absolute Gasteiger partial charge is 0.133 e. The highest BCUT2D eigenvalue weighted by atomic mass is 19.1. The van der Waals surface area contributed by atoms with Crippen molar-refractivity contribution in [1.29, 1.82) is 0 Å². The van der Waals surface area contributed by atoms with E-state index in [4.69, 9.17) is 0 Å². The van der Waals surface area contributed by atoms with Gasteiger partial charge in [0.15, 0.2) is 0 Å². The van der Waals surface area contributed by atoms with Crippen LogP contribution in [-0.2, 0) is 17.3 Å². The number of benzene rings is 9. The molecule has 0 fully saturated rings. The van der Waals surface area contributed by atoms with E-state index in [2.05, 4.69) is 246 Å². The molecule has 3 heteroatoms. The zero-order valence-electron chi connectivity index (χ0n) is 46.1. The lowest BCUT2D eigenvalue weighted by atomic mass is 9.67. The third-order valence-electron chi connectivity index (χ3n) is 17.9. The van der Waals surface area contributed by atoms with Crippen LogP contribution in [0.5, 0.6) is 0 Å². The molecule has 1 spiro atoms. The van der Waals surface area contributed by atoms with Crippen LogP contribution >= 0.6 is 0 Å². The number of hydrogen-bond donors (Lipinski definition) is 0. The maximum absolute atomic E-state index is 17.1. The summed E-state index contributed by atoms with van der Waals surface area (Å²) in [6.07, 6.45) is 14.6. The van der Waals surface area contributed by atoms with Crippen LogP contribution in [-0.4, -0.2) is 12.1 Å². The summed E-state index contributed by atoms with van der Waals surface area (Å²) in [4.78, 5) is 5.13. The van der Waals surface area contributed by atoms with Gasteiger partial charge in [0.25, 0.3) is 0 Å². The van der Waals surface area contributed by atoms with Gasteiger partial charge in [-0.25, -0.2) is 4.39 Å². The van der Waals surface area contributed by atoms with Crippen LogP contribution in [0.25, 0.3) is 50.1 Å². The Labute approximate surface area is 466 Å². The van der Waals surface area contributed by atoms with Gasteiger partial charge in [0, 0.05) is 29.0 Å². The Morgan fingerprint density at radius 2 is 1.11 bits per heavy atom. The first kappa shape index (κ1) is 48.8. The lowest BCUT2D eigenvalue weighted by Gasteiger charge is -2.46. The molecule has 2 atom stereocenters. The molecular formula is C76H65FN2. The number of rotatable bonds is 8. The fourth-order valence-electron chi connectivity index (χ4n) is 14.3. The predicted molar refractivity (Wildman–Crippen MR) is 329 cm³/mol. The molecule has 0 saturated carbocycles. The number of fused-ring (bicyclic) bond motifs is 13. The van der Waals surface area contributed by atoms with Crippen LogP contribution in [0, 0.1) is 11.2 Å². The van der Waals surface area contributed by atoms with Crippen molar-refractivity contribution in [3.8, 4) is 44.5 Å². The van der Waals surface area contributed by atoms with Crippen LogP contribution in [0.2, 0.25) is 0 Å². The minimum atomic E-state index is -0.635. The molecule has 0 bridgehead atoms. The number of nitrogens with zero attached hydrogens (tertiary/aromatic N) is 2. The van der Waals surface area contributed by atoms with Crippen LogP contribution < -0.4 is 9.80 Å². The zero-order chi connectivity index (χ0) is 53.8. The Morgan fingerprint density at radius 3 is 1.77 bits per heavy atom. The Kier molecular flexibility index (Phi) is 11.5. The molecule has 2 nitrogen and oxygen atoms in total. The quantitative estimate of drug-likeness (QED) is 0.150. The van der Waals surface area contributed by atoms with E-state index in [-0.39, 0.29) is 28.7 Å². The van der Waals surface area contributed by atoms with Gasteiger partial charge in [-0.05, 0) is 167 Å². The van der Waals surface area contributed by atoms with Gasteiger partial charge in [-0.15, -0.1) is 0 Å². The fourth-order valence-corrected chi connectivity index (χ4v) is 14.3. The number of halogens is 1. The normalized spacial score (nSPS) is 17.2. The highest BCUT2D eigenvalue weighted by Gasteiger charge is 2.55. The van der Waals surface area contributed by atoms with Crippen molar-refractivity contribution in [2.45, 2.75) is 83.7 Å². The molecule has 0 heterocycles. The molecule has 0 N–H and O–H groups in total. The summed E-state index contributed by atoms with van der Waals surface area (Å²) in [6, 6.07) is 75.1. The number of hydrogen-bond acceptors (Lipinski definition) is 2. The molecule has 0 radical (unpaired) electrons. The summed E-state index contributed by atoms with van der Waals surface area (Å²) in [5.41, 5.74) is 25.6. The molecule has 0 saturated heterocycles. The van der Waals surface area contributed by atoms with Gasteiger partial charge < -0.3 is 9.80 Å². The molecule has 14 rings (SSSR count). The molecule has 386 valence electrons. The molecule has 9 aromatic rings. The minimum Gasteiger partial charge on any atom is -0.358 e. The molecule has 9 aromatic carbocycles. The Balaban J connectivity index is 1.02. The van der Waals surface area contributed by atoms with Gasteiger partial charge in [0.2, 0.25) is 0 Å². The lowest BCUT2D eigenvalue weighted by Crippen LogP contribution is -2.47. The lowest BCUT2D eigenvalue weighted by molar-refractivity contribution is 0.435. The topological polar surface area (TPSA) is 6.48 Å². The van der Waals surface area contributed by atoms with Crippen molar-refractivity contribution >= 4 is 28.3 Å². The van der Waals surface area contributed by atoms with Crippen molar-refractivity contribution in [2.75, 3.05) is 9.80 Å². The minimum absolute atomic E-state index is 0.0263. The van der Waals surface area contributed by atoms with Crippen molar-refractivity contribution in [2.24, 2.45) is 5.41 Å². The van der Waals surface area contributed by atoms with E-state index < -0.39 is 5.41 Å². The van der Waals surface area contributed by atoms with Gasteiger partial charge in [0.1, 0.15) is 5.82 Å². The van der Waals surface area contributed by atoms with Gasteiger partial charge in [0.05, 0.1) is 23.2 Å². The average molecular weight is 1030 g/mol. The van der Waals surface area contributed by atoms with Gasteiger partial charge in [-0.3, -0.25) is 0 Å². The summed E-state index contributed by atoms with van der Waals surface area (Å²) < 4.78 is 17.1. The van der Waals surface area contributed by atoms with Crippen LogP contribution in [0.4, 0.5) is 27.1 Å². The highest BCUT2D eigenvalue weighted by Crippen LogP contribution is 2.67. The first-order chi connectivity index (χ1) is 38.4. The zero-order valence-corrected chi connectivity index (χ0v) is 46.1. The van der Waals surface area contributed by atoms with Crippen LogP contribution in [0.1, 0.15) is 93.3 Å². The fraction of sp³-hybridized carbons (Fsp3) is 0.184. The monoisotopic (exact) mass is 1020 g/mol. The van der Waals surface area contributed by atoms with Gasteiger partial charge >= 0.3 is 0 Å². The van der Waals surface area contributed by atoms with Gasteiger partial charge in [-0.2, -0.15) is 0 Å². The Hall–Kier alpha value is -8.53. The maximum atomic E-state index is 17.1. The van der Waals surface area contributed by atoms with E-state index in [1.54, 1.807) is 6.07 Å². The maximum Gasteiger partial charge on any atom is 0.133 e. The van der Waals surface area contributed by atoms with Crippen molar-refractivity contribution in [3.05, 3.63) is 293 Å². The molecule has 2 unspecified atom stereocenters. The predicted octanol–water partition coefficient (Wildman–Crippen LogP) is 19.7. The van der Waals surface area contributed by atoms with E-state index in [0.29, 0.717) is 5.56 Å². The summed E-state index contributed by atoms with van der Waals surface area (Å²) in [5, 5.41) is 0. The van der Waals surface area contributed by atoms with E-state index in [0.717, 1.165) is 41.9 Å². The first-order valence-electron chi connectivity index (χ1n) is 28.3. The van der Waals surface area contributed by atoms with Crippen molar-refractivity contribution < 1.29 is 4.39 Å². The molecule has 5 aliphatic carbocycles. The molecule has 0 aliphatic heterocycles. The second-order valence-electron chi connectivity index (χ2n) is 24.4. The van der Waals surface area contributed by atoms with Crippen molar-refractivity contribution in [3.63, 3.8) is 0 Å². The second-order valence-corrected chi connectivity index (χ2v) is 24.4. The highest BCUT2D eigenvalue weighted by molar-refractivity contribution is 6.05. The second kappa shape index (κ2) is 18.6. The number of allylic oxidation sites excluding steroid dienone is 4. The third kappa shape index (κ3) is 7.79. The summed E-state index contributed by atoms with van der Waals surface area (Å²) in [7, 11) is 0. The Morgan fingerprint density at radius 1 is 0.519 bits per heavy atom. The summed E-state index contributed by atoms with van der Waals surface area (Å²) in [6.45, 7) is 13.9. The molecular weight excluding hydrogens is 960 g/mol. The largest absolute Gasteiger partial charge is 0.358 e. The summed E-state index contributed by atoms with van der Waals surface area (Å²) >= 11 is 0. The number of anilines is 4. The molecule has 5 aliphatic rings. The SMILES string of the molecule is CC(C)(C)C1=CC=CCC1N(c1ccc(-c2ccccc2)cc1)C1C=CC2=C(C1)C1(c3ccccc3-c3ccccc31)c1cc(N(c3ccc(C(C)(C)C)cc3)c3ccc(-c4ccccc4)c(F)c3)c3c(c12)-c1ccccc1C3. The first-order valence-corrected chi connectivity index (χ1v) is 28.3. The van der Waals surface area contributed by atoms with E-state index in [1.165, 1.54) is 94.7 Å². The van der Waals surface area contributed by atoms with E-state index in [1.807, 2.05) is 36.4 Å². The van der Waals surface area contributed by atoms with Gasteiger partial charge in [-0.1, -0.05) is 230 Å². The summed E-state index contributed by atoms with van der Waals surface area (Å²) in [5.74, 6) is -0.248. The Bertz CT molecular complexity index is 3960.